The van der Waals surface area contributed by atoms with E-state index in [1.165, 1.54) is 200 Å². The molecule has 1 atom stereocenters. The minimum Gasteiger partial charge on any atom is -0.314 e. The molecular formula is C97H213N19. The molecule has 116 heavy (non-hydrogen) atoms. The van der Waals surface area contributed by atoms with Gasteiger partial charge in [0.1, 0.15) is 0 Å². The maximum Gasteiger partial charge on any atom is 0.0234 e. The summed E-state index contributed by atoms with van der Waals surface area (Å²) < 4.78 is 0. The molecule has 0 amide bonds. The molecule has 1 aromatic carbocycles. The first-order valence-electron chi connectivity index (χ1n) is 47.6. The van der Waals surface area contributed by atoms with Crippen LogP contribution in [0.1, 0.15) is 248 Å². The third kappa shape index (κ3) is 70.8. The molecule has 696 valence electrons. The van der Waals surface area contributed by atoms with Gasteiger partial charge in [0.25, 0.3) is 0 Å². The largest absolute Gasteiger partial charge is 0.314 e. The van der Waals surface area contributed by atoms with Crippen molar-refractivity contribution in [3.05, 3.63) is 35.9 Å². The molecule has 6 heterocycles. The third-order valence-corrected chi connectivity index (χ3v) is 23.6. The number of rotatable bonds is 35. The Morgan fingerprint density at radius 1 is 0.397 bits per heavy atom. The van der Waals surface area contributed by atoms with E-state index in [9.17, 15) is 0 Å². The summed E-state index contributed by atoms with van der Waals surface area (Å²) in [6.07, 6.45) is 17.8. The molecule has 0 spiro atoms. The topological polar surface area (TPSA) is 96.7 Å². The lowest BCUT2D eigenvalue weighted by atomic mass is 9.93. The fourth-order valence-electron chi connectivity index (χ4n) is 14.7. The summed E-state index contributed by atoms with van der Waals surface area (Å²) in [4.78, 5) is 36.2. The molecule has 1 unspecified atom stereocenters. The van der Waals surface area contributed by atoms with E-state index in [0.717, 1.165) is 88.5 Å². The van der Waals surface area contributed by atoms with Crippen LogP contribution in [0.3, 0.4) is 0 Å². The van der Waals surface area contributed by atoms with Crippen LogP contribution in [0.2, 0.25) is 0 Å². The number of nitrogens with zero attached hydrogens (tertiary/aromatic N) is 15. The fourth-order valence-corrected chi connectivity index (χ4v) is 14.7. The second kappa shape index (κ2) is 71.7. The van der Waals surface area contributed by atoms with Crippen LogP contribution < -0.4 is 21.3 Å². The zero-order valence-electron chi connectivity index (χ0n) is 85.5. The minimum absolute atomic E-state index is 0.369. The quantitative estimate of drug-likeness (QED) is 0.0485. The Balaban J connectivity index is -0.00000123. The number of likely N-dealkylation sites (N-methyl/N-ethyl adjacent to an activating group) is 3. The van der Waals surface area contributed by atoms with E-state index in [1.807, 2.05) is 0 Å². The van der Waals surface area contributed by atoms with Gasteiger partial charge in [-0.2, -0.15) is 0 Å². The molecule has 6 aliphatic heterocycles. The minimum atomic E-state index is 0.369. The first-order valence-corrected chi connectivity index (χ1v) is 47.6. The molecule has 19 nitrogen and oxygen atoms in total. The van der Waals surface area contributed by atoms with Crippen molar-refractivity contribution in [2.75, 3.05) is 263 Å². The number of hydrogen-bond donors (Lipinski definition) is 4. The van der Waals surface area contributed by atoms with E-state index in [0.29, 0.717) is 53.7 Å². The molecule has 4 N–H and O–H groups in total. The average molecular weight is 1650 g/mol. The van der Waals surface area contributed by atoms with E-state index in [2.05, 4.69) is 390 Å². The highest BCUT2D eigenvalue weighted by Gasteiger charge is 2.28. The van der Waals surface area contributed by atoms with Gasteiger partial charge >= 0.3 is 0 Å². The lowest BCUT2D eigenvalue weighted by molar-refractivity contribution is 0.104. The molecule has 0 aliphatic carbocycles. The van der Waals surface area contributed by atoms with Gasteiger partial charge in [-0.1, -0.05) is 106 Å². The molecule has 0 aromatic heterocycles. The maximum absolute atomic E-state index is 3.47. The lowest BCUT2D eigenvalue weighted by Gasteiger charge is -2.38. The van der Waals surface area contributed by atoms with Crippen LogP contribution in [0.5, 0.6) is 0 Å². The summed E-state index contributed by atoms with van der Waals surface area (Å²) in [6.45, 7) is 82.0. The fraction of sp³-hybridized carbons (Fsp3) is 0.938. The molecule has 6 fully saturated rings. The van der Waals surface area contributed by atoms with E-state index < -0.39 is 0 Å². The summed E-state index contributed by atoms with van der Waals surface area (Å²) in [5.41, 5.74) is 1.80. The zero-order chi connectivity index (χ0) is 89.1. The van der Waals surface area contributed by atoms with E-state index in [1.54, 1.807) is 0 Å². The highest BCUT2D eigenvalue weighted by atomic mass is 15.3. The average Bonchev–Trinajstić information content (AvgIpc) is 1.62. The van der Waals surface area contributed by atoms with Gasteiger partial charge in [-0.05, 0) is 381 Å². The SMILES string of the molecule is CC(C)N(C)C1CCN(C)CC1.CC(C)N(C)CCCN(C)C.CC(C)N(C)CCN(C)C.CC(C)N1CCC(N2CCCC2)CC1.CC(C)N1CCN(Cc2ccccc2)CC1.CC(C)NCC(C)(C)CN(C)C.CC(C)NCCC1CCCN1C.CC(C)NCCCN(C)C.CC(C)NCCN(C)C.CC1CCN(C(C)C)CC1. The van der Waals surface area contributed by atoms with E-state index in [-0.39, 0.29) is 0 Å². The van der Waals surface area contributed by atoms with Crippen molar-refractivity contribution >= 4 is 0 Å². The molecule has 0 saturated carbocycles. The summed E-state index contributed by atoms with van der Waals surface area (Å²) >= 11 is 0. The third-order valence-electron chi connectivity index (χ3n) is 23.6. The Kier molecular flexibility index (Phi) is 73.3. The Labute approximate surface area is 728 Å². The normalized spacial score (nSPS) is 18.4. The van der Waals surface area contributed by atoms with Gasteiger partial charge in [0, 0.05) is 151 Å². The van der Waals surface area contributed by atoms with Crippen molar-refractivity contribution in [1.29, 1.82) is 0 Å². The van der Waals surface area contributed by atoms with Crippen LogP contribution in [-0.4, -0.2) is 415 Å². The standard InChI is InChI=1S/C14H22N2.C12H24N2.2C10H22N2.C10H24N2.C9H22N2.C9H19N.2C8H20N2.C7H18N2/c1-13(2)16-10-8-15(9-11-16)12-14-6-4-3-5-7-14;1-11(2)13-9-5-12(6-10-13)14-7-3-4-8-14;1-9(2)12(4)10-5-7-11(3)8-6-10;1-9(2)11-7-6-10-5-4-8-12(10)3;1-9(2)11-7-10(3,4)8-12(5)6;1-9(2)11(5)8-6-7-10(3)4;1-8(2)10-6-4-9(3)5-7-10;1-8(2)10(5)7-6-9(3)4;1-8(2)9-6-5-7-10(3)4;1-7(2)8-5-6-9(3)4/h3-7,13H,8-12H2,1-2H3;11-12H,3-10H2,1-2H3;9-10H,5-8H2,1-4H3;9-11H,4-8H2,1-3H3;9,11H,7-8H2,1-6H3;9H,6-8H2,1-5H3;8-9H,4-7H2,1-3H3;8H,6-7H2,1-5H3;8-9H,5-7H2,1-4H3;7-8H,5-6H2,1-4H3. The molecule has 7 rings (SSSR count). The van der Waals surface area contributed by atoms with Crippen molar-refractivity contribution < 1.29 is 0 Å². The molecular weight excluding hydrogens is 1430 g/mol. The van der Waals surface area contributed by atoms with Gasteiger partial charge in [0.05, 0.1) is 0 Å². The first kappa shape index (κ1) is 119. The van der Waals surface area contributed by atoms with Crippen LogP contribution in [-0.2, 0) is 6.54 Å². The maximum atomic E-state index is 3.47. The van der Waals surface area contributed by atoms with Crippen LogP contribution in [0, 0.1) is 11.3 Å². The van der Waals surface area contributed by atoms with Crippen LogP contribution in [0.4, 0.5) is 0 Å². The number of piperazine rings is 1. The van der Waals surface area contributed by atoms with Gasteiger partial charge in [-0.15, -0.1) is 0 Å². The molecule has 6 aliphatic rings. The van der Waals surface area contributed by atoms with Gasteiger partial charge in [0.15, 0.2) is 0 Å². The summed E-state index contributed by atoms with van der Waals surface area (Å²) in [6, 6.07) is 20.0. The van der Waals surface area contributed by atoms with Gasteiger partial charge in [-0.25, -0.2) is 0 Å². The Morgan fingerprint density at radius 3 is 1.24 bits per heavy atom. The van der Waals surface area contributed by atoms with Crippen molar-refractivity contribution in [2.24, 2.45) is 11.3 Å². The van der Waals surface area contributed by atoms with Crippen LogP contribution >= 0.6 is 0 Å². The smallest absolute Gasteiger partial charge is 0.0234 e. The van der Waals surface area contributed by atoms with Crippen molar-refractivity contribution in [2.45, 2.75) is 328 Å². The Morgan fingerprint density at radius 2 is 0.828 bits per heavy atom. The first-order chi connectivity index (χ1) is 54.2. The van der Waals surface area contributed by atoms with Gasteiger partial charge in [0.2, 0.25) is 0 Å². The number of nitrogens with one attached hydrogen (secondary N) is 4. The molecule has 0 bridgehead atoms. The Bertz CT molecular complexity index is 2190. The van der Waals surface area contributed by atoms with Crippen LogP contribution in [0.15, 0.2) is 30.3 Å². The molecule has 1 aromatic rings. The molecule has 19 heteroatoms. The number of benzene rings is 1. The monoisotopic (exact) mass is 1640 g/mol. The number of piperidine rings is 3. The van der Waals surface area contributed by atoms with Crippen LogP contribution in [0.25, 0.3) is 0 Å². The van der Waals surface area contributed by atoms with Gasteiger partial charge < -0.3 is 85.0 Å². The van der Waals surface area contributed by atoms with E-state index in [4.69, 9.17) is 0 Å². The highest BCUT2D eigenvalue weighted by molar-refractivity contribution is 5.14. The van der Waals surface area contributed by atoms with Gasteiger partial charge in [-0.3, -0.25) is 9.80 Å². The highest BCUT2D eigenvalue weighted by Crippen LogP contribution is 2.23. The second-order valence-electron chi connectivity index (χ2n) is 40.5. The zero-order valence-corrected chi connectivity index (χ0v) is 85.5. The van der Waals surface area contributed by atoms with Crippen molar-refractivity contribution in [1.82, 2.24) is 94.8 Å². The second-order valence-corrected chi connectivity index (χ2v) is 40.5. The predicted molar refractivity (Wildman–Crippen MR) is 522 cm³/mol. The molecule has 6 saturated heterocycles. The van der Waals surface area contributed by atoms with E-state index >= 15 is 0 Å². The predicted octanol–water partition coefficient (Wildman–Crippen LogP) is 14.4. The summed E-state index contributed by atoms with van der Waals surface area (Å²) in [5, 5.41) is 13.6. The summed E-state index contributed by atoms with van der Waals surface area (Å²) in [7, 11) is 32.1. The van der Waals surface area contributed by atoms with Crippen molar-refractivity contribution in [3.8, 4) is 0 Å². The Hall–Kier alpha value is -1.54. The molecule has 0 radical (unpaired) electrons. The lowest BCUT2D eigenvalue weighted by Crippen LogP contribution is -2.48. The summed E-state index contributed by atoms with van der Waals surface area (Å²) in [5.74, 6) is 0.968. The number of likely N-dealkylation sites (tertiary alicyclic amines) is 5. The van der Waals surface area contributed by atoms with Crippen molar-refractivity contribution in [3.63, 3.8) is 0 Å². The number of hydrogen-bond acceptors (Lipinski definition) is 19.